The predicted molar refractivity (Wildman–Crippen MR) is 74.3 cm³/mol. The van der Waals surface area contributed by atoms with E-state index >= 15 is 0 Å². The number of hydrogen-bond acceptors (Lipinski definition) is 6. The van der Waals surface area contributed by atoms with Crippen molar-refractivity contribution in [3.8, 4) is 17.2 Å². The SMILES string of the molecule is Nc1c2c(cc(=O)n1-c1cc3c(cc1F)OCO3)C(=O)NC2=O. The predicted octanol–water partition coefficient (Wildman–Crippen LogP) is 0.171. The van der Waals surface area contributed by atoms with Crippen LogP contribution in [0.5, 0.6) is 11.5 Å². The average molecular weight is 317 g/mol. The van der Waals surface area contributed by atoms with E-state index < -0.39 is 23.2 Å². The van der Waals surface area contributed by atoms with Gasteiger partial charge in [0.15, 0.2) is 17.3 Å². The minimum absolute atomic E-state index is 0.0658. The highest BCUT2D eigenvalue weighted by Gasteiger charge is 2.32. The fraction of sp³-hybridized carbons (Fsp3) is 0.0714. The molecule has 0 saturated heterocycles. The van der Waals surface area contributed by atoms with Gasteiger partial charge in [0.2, 0.25) is 6.79 Å². The molecule has 23 heavy (non-hydrogen) atoms. The molecule has 2 aliphatic rings. The summed E-state index contributed by atoms with van der Waals surface area (Å²) in [6.07, 6.45) is 0. The number of fused-ring (bicyclic) bond motifs is 2. The molecule has 2 aliphatic heterocycles. The maximum Gasteiger partial charge on any atom is 0.262 e. The number of nitrogens with one attached hydrogen (secondary N) is 1. The lowest BCUT2D eigenvalue weighted by atomic mass is 10.1. The van der Waals surface area contributed by atoms with Gasteiger partial charge >= 0.3 is 0 Å². The number of carbonyl (C=O) groups is 2. The number of amides is 2. The van der Waals surface area contributed by atoms with Crippen molar-refractivity contribution >= 4 is 17.6 Å². The first-order chi connectivity index (χ1) is 11.0. The maximum absolute atomic E-state index is 14.3. The molecule has 2 amide bonds. The second-order valence-electron chi connectivity index (χ2n) is 4.93. The van der Waals surface area contributed by atoms with Crippen molar-refractivity contribution in [2.45, 2.75) is 0 Å². The van der Waals surface area contributed by atoms with Gasteiger partial charge in [-0.2, -0.15) is 0 Å². The number of benzene rings is 1. The van der Waals surface area contributed by atoms with Crippen LogP contribution in [0.4, 0.5) is 10.2 Å². The van der Waals surface area contributed by atoms with Gasteiger partial charge in [-0.1, -0.05) is 0 Å². The van der Waals surface area contributed by atoms with Crippen molar-refractivity contribution in [3.63, 3.8) is 0 Å². The zero-order valence-corrected chi connectivity index (χ0v) is 11.4. The van der Waals surface area contributed by atoms with Crippen LogP contribution in [0, 0.1) is 5.82 Å². The molecule has 1 aromatic carbocycles. The Bertz CT molecular complexity index is 966. The number of nitrogens with two attached hydrogens (primary N) is 1. The Labute approximate surface area is 127 Å². The second kappa shape index (κ2) is 4.32. The largest absolute Gasteiger partial charge is 0.454 e. The van der Waals surface area contributed by atoms with Crippen LogP contribution in [-0.4, -0.2) is 23.2 Å². The van der Waals surface area contributed by atoms with E-state index in [0.29, 0.717) is 0 Å². The van der Waals surface area contributed by atoms with Gasteiger partial charge in [-0.05, 0) is 0 Å². The standard InChI is InChI=1S/C14H8FN3O5/c15-6-2-8-9(23-4-22-8)3-7(6)18-10(19)1-5-11(12(18)16)14(21)17-13(5)20/h1-3H,4,16H2,(H,17,20,21). The Hall–Kier alpha value is -3.36. The van der Waals surface area contributed by atoms with Gasteiger partial charge in [-0.25, -0.2) is 4.39 Å². The molecule has 116 valence electrons. The Morgan fingerprint density at radius 1 is 1.09 bits per heavy atom. The lowest BCUT2D eigenvalue weighted by Crippen LogP contribution is -2.24. The van der Waals surface area contributed by atoms with E-state index in [4.69, 9.17) is 15.2 Å². The van der Waals surface area contributed by atoms with Crippen LogP contribution in [0.3, 0.4) is 0 Å². The van der Waals surface area contributed by atoms with Gasteiger partial charge in [0.25, 0.3) is 17.4 Å². The third-order valence-corrected chi connectivity index (χ3v) is 3.64. The zero-order chi connectivity index (χ0) is 16.3. The summed E-state index contributed by atoms with van der Waals surface area (Å²) in [4.78, 5) is 35.7. The maximum atomic E-state index is 14.3. The smallest absolute Gasteiger partial charge is 0.262 e. The van der Waals surface area contributed by atoms with Crippen molar-refractivity contribution in [1.82, 2.24) is 9.88 Å². The highest BCUT2D eigenvalue weighted by molar-refractivity contribution is 6.23. The molecule has 9 heteroatoms. The highest BCUT2D eigenvalue weighted by Crippen LogP contribution is 2.36. The summed E-state index contributed by atoms with van der Waals surface area (Å²) in [5.74, 6) is -2.12. The van der Waals surface area contributed by atoms with Gasteiger partial charge in [-0.3, -0.25) is 24.3 Å². The molecule has 0 saturated carbocycles. The van der Waals surface area contributed by atoms with Gasteiger partial charge in [0.1, 0.15) is 5.82 Å². The molecule has 0 aliphatic carbocycles. The molecule has 2 aromatic rings. The summed E-state index contributed by atoms with van der Waals surface area (Å²) in [6, 6.07) is 3.24. The second-order valence-corrected chi connectivity index (χ2v) is 4.93. The molecular weight excluding hydrogens is 309 g/mol. The molecule has 0 atom stereocenters. The monoisotopic (exact) mass is 317 g/mol. The third kappa shape index (κ3) is 1.73. The van der Waals surface area contributed by atoms with Gasteiger partial charge in [0, 0.05) is 18.2 Å². The minimum atomic E-state index is -0.785. The molecule has 4 rings (SSSR count). The van der Waals surface area contributed by atoms with Crippen molar-refractivity contribution in [2.75, 3.05) is 12.5 Å². The number of nitrogens with zero attached hydrogens (tertiary/aromatic N) is 1. The van der Waals surface area contributed by atoms with Crippen LogP contribution in [0.25, 0.3) is 5.69 Å². The summed E-state index contributed by atoms with van der Waals surface area (Å²) in [5.41, 5.74) is 4.61. The van der Waals surface area contributed by atoms with E-state index in [9.17, 15) is 18.8 Å². The van der Waals surface area contributed by atoms with Crippen LogP contribution < -0.4 is 26.1 Å². The number of ether oxygens (including phenoxy) is 2. The lowest BCUT2D eigenvalue weighted by Gasteiger charge is -2.13. The first kappa shape index (κ1) is 13.3. The van der Waals surface area contributed by atoms with E-state index in [1.54, 1.807) is 0 Å². The van der Waals surface area contributed by atoms with E-state index in [1.807, 2.05) is 5.32 Å². The molecular formula is C14H8FN3O5. The van der Waals surface area contributed by atoms with E-state index in [2.05, 4.69) is 0 Å². The number of hydrogen-bond donors (Lipinski definition) is 2. The Morgan fingerprint density at radius 2 is 1.78 bits per heavy atom. The number of pyridine rings is 1. The minimum Gasteiger partial charge on any atom is -0.454 e. The number of rotatable bonds is 1. The summed E-state index contributed by atoms with van der Waals surface area (Å²) in [6.45, 7) is -0.0658. The summed E-state index contributed by atoms with van der Waals surface area (Å²) in [5, 5.41) is 2.04. The van der Waals surface area contributed by atoms with Crippen molar-refractivity contribution in [3.05, 3.63) is 45.5 Å². The molecule has 8 nitrogen and oxygen atoms in total. The molecule has 0 bridgehead atoms. The number of imide groups is 1. The van der Waals surface area contributed by atoms with E-state index in [0.717, 1.165) is 16.7 Å². The first-order valence-corrected chi connectivity index (χ1v) is 6.48. The van der Waals surface area contributed by atoms with Crippen LogP contribution in [-0.2, 0) is 0 Å². The van der Waals surface area contributed by atoms with Crippen molar-refractivity contribution in [2.24, 2.45) is 0 Å². The van der Waals surface area contributed by atoms with Gasteiger partial charge in [-0.15, -0.1) is 0 Å². The zero-order valence-electron chi connectivity index (χ0n) is 11.4. The van der Waals surface area contributed by atoms with E-state index in [1.165, 1.54) is 6.07 Å². The van der Waals surface area contributed by atoms with Crippen molar-refractivity contribution in [1.29, 1.82) is 0 Å². The van der Waals surface area contributed by atoms with Crippen LogP contribution in [0.2, 0.25) is 0 Å². The summed E-state index contributed by atoms with van der Waals surface area (Å²) >= 11 is 0. The first-order valence-electron chi connectivity index (χ1n) is 6.48. The van der Waals surface area contributed by atoms with Crippen molar-refractivity contribution < 1.29 is 23.5 Å². The third-order valence-electron chi connectivity index (χ3n) is 3.64. The molecule has 0 unspecified atom stereocenters. The Balaban J connectivity index is 2.02. The fourth-order valence-electron chi connectivity index (χ4n) is 2.61. The van der Waals surface area contributed by atoms with Gasteiger partial charge < -0.3 is 15.2 Å². The normalized spacial score (nSPS) is 14.8. The number of halogens is 1. The Kier molecular flexibility index (Phi) is 2.50. The van der Waals surface area contributed by atoms with Crippen LogP contribution in [0.15, 0.2) is 23.0 Å². The molecule has 3 heterocycles. The van der Waals surface area contributed by atoms with Crippen LogP contribution >= 0.6 is 0 Å². The molecule has 0 fully saturated rings. The number of aromatic nitrogens is 1. The fourth-order valence-corrected chi connectivity index (χ4v) is 2.61. The average Bonchev–Trinajstić information content (AvgIpc) is 3.03. The quantitative estimate of drug-likeness (QED) is 0.725. The number of carbonyl (C=O) groups excluding carboxylic acids is 2. The number of nitrogen functional groups attached to an aromatic ring is 1. The lowest BCUT2D eigenvalue weighted by molar-refractivity contribution is 0.0880. The molecule has 3 N–H and O–H groups in total. The highest BCUT2D eigenvalue weighted by atomic mass is 19.1. The summed E-state index contributed by atoms with van der Waals surface area (Å²) in [7, 11) is 0. The van der Waals surface area contributed by atoms with Gasteiger partial charge in [0.05, 0.1) is 16.8 Å². The van der Waals surface area contributed by atoms with E-state index in [-0.39, 0.29) is 40.9 Å². The number of anilines is 1. The van der Waals surface area contributed by atoms with Crippen LogP contribution in [0.1, 0.15) is 20.7 Å². The molecule has 0 spiro atoms. The molecule has 0 radical (unpaired) electrons. The Morgan fingerprint density at radius 3 is 2.52 bits per heavy atom. The topological polar surface area (TPSA) is 113 Å². The molecule has 1 aromatic heterocycles. The summed E-state index contributed by atoms with van der Waals surface area (Å²) < 4.78 is 25.3.